The van der Waals surface area contributed by atoms with Gasteiger partial charge in [0, 0.05) is 37.0 Å². The SMILES string of the molecule is CCN(CC)c1ccc(/C=C/c2cccc[n+]2CC(=O)O)cc1.[Cl-]. The van der Waals surface area contributed by atoms with Crippen molar-refractivity contribution < 1.29 is 26.9 Å². The third kappa shape index (κ3) is 5.39. The van der Waals surface area contributed by atoms with Crippen molar-refractivity contribution in [1.29, 1.82) is 0 Å². The van der Waals surface area contributed by atoms with Gasteiger partial charge in [-0.25, -0.2) is 4.79 Å². The molecule has 5 heteroatoms. The minimum Gasteiger partial charge on any atom is -1.00 e. The van der Waals surface area contributed by atoms with E-state index in [0.717, 1.165) is 24.3 Å². The Morgan fingerprint density at radius 3 is 2.33 bits per heavy atom. The number of carbonyl (C=O) groups is 1. The fourth-order valence-electron chi connectivity index (χ4n) is 2.50. The summed E-state index contributed by atoms with van der Waals surface area (Å²) in [6.45, 7) is 6.24. The third-order valence-electron chi connectivity index (χ3n) is 3.75. The minimum atomic E-state index is -0.848. The van der Waals surface area contributed by atoms with E-state index >= 15 is 0 Å². The van der Waals surface area contributed by atoms with E-state index in [-0.39, 0.29) is 19.0 Å². The molecule has 0 bridgehead atoms. The summed E-state index contributed by atoms with van der Waals surface area (Å²) in [5.41, 5.74) is 3.17. The molecule has 1 N–H and O–H groups in total. The van der Waals surface area contributed by atoms with E-state index in [4.69, 9.17) is 5.11 Å². The van der Waals surface area contributed by atoms with Crippen LogP contribution in [0.4, 0.5) is 5.69 Å². The van der Waals surface area contributed by atoms with Crippen molar-refractivity contribution >= 4 is 23.8 Å². The van der Waals surface area contributed by atoms with Gasteiger partial charge in [-0.1, -0.05) is 12.1 Å². The first kappa shape index (κ1) is 19.7. The summed E-state index contributed by atoms with van der Waals surface area (Å²) in [5.74, 6) is -0.848. The quantitative estimate of drug-likeness (QED) is 0.722. The Kier molecular flexibility index (Phi) is 7.99. The number of rotatable bonds is 7. The van der Waals surface area contributed by atoms with Crippen molar-refractivity contribution in [2.45, 2.75) is 20.4 Å². The predicted octanol–water partition coefficient (Wildman–Crippen LogP) is 0.0793. The van der Waals surface area contributed by atoms with Gasteiger partial charge in [-0.2, -0.15) is 4.57 Å². The molecule has 0 aliphatic rings. The van der Waals surface area contributed by atoms with E-state index < -0.39 is 5.97 Å². The van der Waals surface area contributed by atoms with E-state index in [2.05, 4.69) is 43.0 Å². The molecular formula is C19H23ClN2O2. The van der Waals surface area contributed by atoms with Gasteiger partial charge in [-0.3, -0.25) is 0 Å². The van der Waals surface area contributed by atoms with Gasteiger partial charge < -0.3 is 22.4 Å². The lowest BCUT2D eigenvalue weighted by molar-refractivity contribution is -0.687. The van der Waals surface area contributed by atoms with E-state index in [1.165, 1.54) is 5.69 Å². The highest BCUT2D eigenvalue weighted by molar-refractivity contribution is 5.69. The lowest BCUT2D eigenvalue weighted by Gasteiger charge is -2.20. The number of halogens is 1. The zero-order valence-electron chi connectivity index (χ0n) is 14.0. The summed E-state index contributed by atoms with van der Waals surface area (Å²) >= 11 is 0. The third-order valence-corrected chi connectivity index (χ3v) is 3.75. The number of aromatic nitrogens is 1. The maximum atomic E-state index is 10.9. The molecule has 0 aliphatic carbocycles. The second-order valence-corrected chi connectivity index (χ2v) is 5.24. The fourth-order valence-corrected chi connectivity index (χ4v) is 2.50. The van der Waals surface area contributed by atoms with Crippen LogP contribution in [0.15, 0.2) is 48.7 Å². The molecule has 0 radical (unpaired) electrons. The summed E-state index contributed by atoms with van der Waals surface area (Å²) < 4.78 is 1.71. The standard InChI is InChI=1S/C19H22N2O2.ClH/c1-3-20(4-2)18-12-9-16(10-13-18)8-11-17-7-5-6-14-21(17)15-19(22)23;/h5-14H,3-4,15H2,1-2H3;1H. The van der Waals surface area contributed by atoms with Crippen LogP contribution in [-0.2, 0) is 11.3 Å². The van der Waals surface area contributed by atoms with Gasteiger partial charge in [-0.15, -0.1) is 0 Å². The molecule has 0 fully saturated rings. The van der Waals surface area contributed by atoms with Crippen LogP contribution in [-0.4, -0.2) is 24.2 Å². The summed E-state index contributed by atoms with van der Waals surface area (Å²) in [7, 11) is 0. The monoisotopic (exact) mass is 346 g/mol. The Bertz CT molecular complexity index is 680. The van der Waals surface area contributed by atoms with Crippen molar-refractivity contribution in [2.24, 2.45) is 0 Å². The van der Waals surface area contributed by atoms with Gasteiger partial charge in [0.05, 0.1) is 0 Å². The van der Waals surface area contributed by atoms with Crippen molar-refractivity contribution in [3.8, 4) is 0 Å². The number of hydrogen-bond acceptors (Lipinski definition) is 2. The van der Waals surface area contributed by atoms with Gasteiger partial charge >= 0.3 is 5.97 Å². The second-order valence-electron chi connectivity index (χ2n) is 5.24. The molecule has 0 spiro atoms. The van der Waals surface area contributed by atoms with E-state index in [1.54, 1.807) is 10.8 Å². The molecule has 1 heterocycles. The molecule has 24 heavy (non-hydrogen) atoms. The largest absolute Gasteiger partial charge is 1.00 e. The highest BCUT2D eigenvalue weighted by Crippen LogP contribution is 2.16. The molecule has 1 aromatic heterocycles. The van der Waals surface area contributed by atoms with Gasteiger partial charge in [0.25, 0.3) is 0 Å². The van der Waals surface area contributed by atoms with Crippen LogP contribution in [0.2, 0.25) is 0 Å². The van der Waals surface area contributed by atoms with Crippen molar-refractivity contribution in [2.75, 3.05) is 18.0 Å². The summed E-state index contributed by atoms with van der Waals surface area (Å²) in [4.78, 5) is 13.2. The predicted molar refractivity (Wildman–Crippen MR) is 93.2 cm³/mol. The fraction of sp³-hybridized carbons (Fsp3) is 0.263. The van der Waals surface area contributed by atoms with E-state index in [0.29, 0.717) is 0 Å². The zero-order valence-corrected chi connectivity index (χ0v) is 14.8. The number of anilines is 1. The molecule has 0 saturated carbocycles. The summed E-state index contributed by atoms with van der Waals surface area (Å²) in [5, 5.41) is 8.96. The van der Waals surface area contributed by atoms with Crippen LogP contribution in [0.1, 0.15) is 25.1 Å². The molecule has 2 aromatic rings. The first-order valence-corrected chi connectivity index (χ1v) is 7.87. The number of carboxylic acids is 1. The van der Waals surface area contributed by atoms with Gasteiger partial charge in [-0.05, 0) is 43.7 Å². The molecule has 4 nitrogen and oxygen atoms in total. The molecule has 0 saturated heterocycles. The topological polar surface area (TPSA) is 44.4 Å². The lowest BCUT2D eigenvalue weighted by atomic mass is 10.1. The molecule has 128 valence electrons. The number of benzene rings is 1. The maximum Gasteiger partial charge on any atom is 0.370 e. The Hall–Kier alpha value is -2.33. The van der Waals surface area contributed by atoms with Crippen LogP contribution < -0.4 is 21.9 Å². The van der Waals surface area contributed by atoms with E-state index in [1.807, 2.05) is 30.4 Å². The number of pyridine rings is 1. The Labute approximate surface area is 149 Å². The smallest absolute Gasteiger partial charge is 0.370 e. The van der Waals surface area contributed by atoms with Crippen LogP contribution in [0.25, 0.3) is 12.2 Å². The first-order valence-electron chi connectivity index (χ1n) is 7.87. The highest BCUT2D eigenvalue weighted by Gasteiger charge is 2.10. The zero-order chi connectivity index (χ0) is 16.7. The average molecular weight is 347 g/mol. The molecule has 0 unspecified atom stereocenters. The molecule has 0 atom stereocenters. The Morgan fingerprint density at radius 1 is 1.08 bits per heavy atom. The Morgan fingerprint density at radius 2 is 1.75 bits per heavy atom. The van der Waals surface area contributed by atoms with Crippen molar-refractivity contribution in [3.05, 3.63) is 59.9 Å². The molecule has 0 amide bonds. The van der Waals surface area contributed by atoms with Crippen molar-refractivity contribution in [3.63, 3.8) is 0 Å². The normalized spacial score (nSPS) is 10.4. The van der Waals surface area contributed by atoms with Crippen LogP contribution >= 0.6 is 0 Å². The molecule has 1 aromatic carbocycles. The molecular weight excluding hydrogens is 324 g/mol. The number of hydrogen-bond donors (Lipinski definition) is 1. The minimum absolute atomic E-state index is 0. The molecule has 2 rings (SSSR count). The van der Waals surface area contributed by atoms with Crippen LogP contribution in [0.5, 0.6) is 0 Å². The number of carboxylic acid groups (broad SMARTS) is 1. The van der Waals surface area contributed by atoms with Crippen LogP contribution in [0, 0.1) is 0 Å². The van der Waals surface area contributed by atoms with Crippen molar-refractivity contribution in [1.82, 2.24) is 0 Å². The number of aliphatic carboxylic acids is 1. The summed E-state index contributed by atoms with van der Waals surface area (Å²) in [6, 6.07) is 14.0. The first-order chi connectivity index (χ1) is 11.1. The lowest BCUT2D eigenvalue weighted by Crippen LogP contribution is -3.00. The number of nitrogens with zero attached hydrogens (tertiary/aromatic N) is 2. The van der Waals surface area contributed by atoms with Gasteiger partial charge in [0.15, 0.2) is 6.20 Å². The van der Waals surface area contributed by atoms with E-state index in [9.17, 15) is 4.79 Å². The van der Waals surface area contributed by atoms with Gasteiger partial charge in [0.1, 0.15) is 0 Å². The summed E-state index contributed by atoms with van der Waals surface area (Å²) in [6.07, 6.45) is 5.71. The highest BCUT2D eigenvalue weighted by atomic mass is 35.5. The van der Waals surface area contributed by atoms with Gasteiger partial charge in [0.2, 0.25) is 12.2 Å². The average Bonchev–Trinajstić information content (AvgIpc) is 2.56. The maximum absolute atomic E-state index is 10.9. The van der Waals surface area contributed by atoms with Crippen LogP contribution in [0.3, 0.4) is 0 Å². The second kappa shape index (κ2) is 9.73. The Balaban J connectivity index is 0.00000288. The molecule has 0 aliphatic heterocycles.